The van der Waals surface area contributed by atoms with E-state index in [0.717, 1.165) is 19.3 Å². The van der Waals surface area contributed by atoms with Crippen LogP contribution in [0, 0.1) is 0 Å². The summed E-state index contributed by atoms with van der Waals surface area (Å²) in [5.41, 5.74) is 2.60. The Labute approximate surface area is 149 Å². The van der Waals surface area contributed by atoms with Gasteiger partial charge in [-0.3, -0.25) is 4.79 Å². The van der Waals surface area contributed by atoms with Crippen molar-refractivity contribution in [1.82, 2.24) is 5.32 Å². The number of benzene rings is 2. The number of hydrogen-bond acceptors (Lipinski definition) is 3. The summed E-state index contributed by atoms with van der Waals surface area (Å²) in [5, 5.41) is 3.15. The van der Waals surface area contributed by atoms with Gasteiger partial charge >= 0.3 is 0 Å². The van der Waals surface area contributed by atoms with Crippen LogP contribution in [0.3, 0.4) is 0 Å². The molecule has 1 aliphatic carbocycles. The number of nitrogens with one attached hydrogen (secondary N) is 1. The molecule has 1 amide bonds. The summed E-state index contributed by atoms with van der Waals surface area (Å²) in [6.45, 7) is 2.86. The lowest BCUT2D eigenvalue weighted by molar-refractivity contribution is -0.122. The summed E-state index contributed by atoms with van der Waals surface area (Å²) in [4.78, 5) is 12.3. The SMILES string of the molecule is CCOc1ccccc1OCCC(=O)NC1CCCc2ccccc21. The molecule has 25 heavy (non-hydrogen) atoms. The van der Waals surface area contributed by atoms with E-state index >= 15 is 0 Å². The fraction of sp³-hybridized carbons (Fsp3) is 0.381. The van der Waals surface area contributed by atoms with Crippen LogP contribution in [-0.4, -0.2) is 19.1 Å². The van der Waals surface area contributed by atoms with Gasteiger partial charge in [-0.1, -0.05) is 36.4 Å². The van der Waals surface area contributed by atoms with Crippen molar-refractivity contribution in [3.05, 3.63) is 59.7 Å². The molecule has 1 aliphatic rings. The number of aryl methyl sites for hydroxylation is 1. The zero-order chi connectivity index (χ0) is 17.5. The molecule has 0 spiro atoms. The van der Waals surface area contributed by atoms with E-state index in [2.05, 4.69) is 23.5 Å². The quantitative estimate of drug-likeness (QED) is 0.828. The first kappa shape index (κ1) is 17.3. The molecule has 3 rings (SSSR count). The van der Waals surface area contributed by atoms with Gasteiger partial charge < -0.3 is 14.8 Å². The fourth-order valence-corrected chi connectivity index (χ4v) is 3.27. The van der Waals surface area contributed by atoms with Gasteiger partial charge in [0.25, 0.3) is 0 Å². The molecular formula is C21H25NO3. The molecule has 0 heterocycles. The summed E-state index contributed by atoms with van der Waals surface area (Å²) >= 11 is 0. The van der Waals surface area contributed by atoms with Crippen LogP contribution in [0.15, 0.2) is 48.5 Å². The maximum Gasteiger partial charge on any atom is 0.223 e. The van der Waals surface area contributed by atoms with Crippen molar-refractivity contribution in [3.63, 3.8) is 0 Å². The number of carbonyl (C=O) groups excluding carboxylic acids is 1. The van der Waals surface area contributed by atoms with E-state index < -0.39 is 0 Å². The van der Waals surface area contributed by atoms with Gasteiger partial charge in [0.2, 0.25) is 5.91 Å². The Hall–Kier alpha value is -2.49. The van der Waals surface area contributed by atoms with Crippen molar-refractivity contribution in [1.29, 1.82) is 0 Å². The molecule has 0 saturated heterocycles. The van der Waals surface area contributed by atoms with E-state index in [0.29, 0.717) is 31.1 Å². The monoisotopic (exact) mass is 339 g/mol. The zero-order valence-electron chi connectivity index (χ0n) is 14.7. The van der Waals surface area contributed by atoms with Crippen LogP contribution in [0.2, 0.25) is 0 Å². The van der Waals surface area contributed by atoms with Gasteiger partial charge in [-0.15, -0.1) is 0 Å². The highest BCUT2D eigenvalue weighted by Gasteiger charge is 2.21. The minimum absolute atomic E-state index is 0.0237. The molecule has 132 valence electrons. The van der Waals surface area contributed by atoms with E-state index in [4.69, 9.17) is 9.47 Å². The van der Waals surface area contributed by atoms with Crippen LogP contribution in [0.4, 0.5) is 0 Å². The first-order valence-electron chi connectivity index (χ1n) is 8.99. The lowest BCUT2D eigenvalue weighted by Crippen LogP contribution is -2.31. The molecule has 4 heteroatoms. The molecule has 2 aromatic carbocycles. The van der Waals surface area contributed by atoms with Crippen molar-refractivity contribution >= 4 is 5.91 Å². The molecule has 1 N–H and O–H groups in total. The topological polar surface area (TPSA) is 47.6 Å². The Morgan fingerprint density at radius 3 is 2.60 bits per heavy atom. The van der Waals surface area contributed by atoms with E-state index in [1.165, 1.54) is 11.1 Å². The standard InChI is InChI=1S/C21H25NO3/c1-2-24-19-12-5-6-13-20(19)25-15-14-21(23)22-18-11-7-9-16-8-3-4-10-17(16)18/h3-6,8,10,12-13,18H,2,7,9,11,14-15H2,1H3,(H,22,23). The van der Waals surface area contributed by atoms with Gasteiger partial charge in [-0.05, 0) is 49.4 Å². The summed E-state index contributed by atoms with van der Waals surface area (Å²) in [6.07, 6.45) is 3.54. The number of ether oxygens (including phenoxy) is 2. The largest absolute Gasteiger partial charge is 0.490 e. The van der Waals surface area contributed by atoms with Crippen molar-refractivity contribution in [2.45, 2.75) is 38.6 Å². The van der Waals surface area contributed by atoms with Crippen LogP contribution >= 0.6 is 0 Å². The van der Waals surface area contributed by atoms with Crippen LogP contribution in [-0.2, 0) is 11.2 Å². The van der Waals surface area contributed by atoms with Crippen LogP contribution in [0.25, 0.3) is 0 Å². The summed E-state index contributed by atoms with van der Waals surface area (Å²) in [5.74, 6) is 1.42. The lowest BCUT2D eigenvalue weighted by Gasteiger charge is -2.26. The van der Waals surface area contributed by atoms with Crippen molar-refractivity contribution in [2.24, 2.45) is 0 Å². The second kappa shape index (κ2) is 8.56. The average Bonchev–Trinajstić information content (AvgIpc) is 2.64. The van der Waals surface area contributed by atoms with Crippen LogP contribution in [0.5, 0.6) is 11.5 Å². The highest BCUT2D eigenvalue weighted by atomic mass is 16.5. The predicted molar refractivity (Wildman–Crippen MR) is 98.0 cm³/mol. The first-order chi connectivity index (χ1) is 12.3. The zero-order valence-corrected chi connectivity index (χ0v) is 14.7. The van der Waals surface area contributed by atoms with Gasteiger partial charge in [-0.25, -0.2) is 0 Å². The molecule has 0 aromatic heterocycles. The third kappa shape index (κ3) is 4.53. The lowest BCUT2D eigenvalue weighted by atomic mass is 9.88. The van der Waals surface area contributed by atoms with Crippen molar-refractivity contribution in [2.75, 3.05) is 13.2 Å². The molecule has 1 atom stereocenters. The minimum atomic E-state index is 0.0237. The van der Waals surface area contributed by atoms with Crippen molar-refractivity contribution in [3.8, 4) is 11.5 Å². The Morgan fingerprint density at radius 2 is 1.80 bits per heavy atom. The van der Waals surface area contributed by atoms with Gasteiger partial charge in [0.1, 0.15) is 0 Å². The normalized spacial score (nSPS) is 16.0. The third-order valence-electron chi connectivity index (χ3n) is 4.44. The second-order valence-corrected chi connectivity index (χ2v) is 6.19. The number of amides is 1. The van der Waals surface area contributed by atoms with E-state index in [1.54, 1.807) is 0 Å². The molecular weight excluding hydrogens is 314 g/mol. The smallest absolute Gasteiger partial charge is 0.223 e. The first-order valence-corrected chi connectivity index (χ1v) is 8.99. The summed E-state index contributed by atoms with van der Waals surface area (Å²) < 4.78 is 11.3. The Morgan fingerprint density at radius 1 is 1.08 bits per heavy atom. The predicted octanol–water partition coefficient (Wildman–Crippen LogP) is 4.05. The van der Waals surface area contributed by atoms with Gasteiger partial charge in [0, 0.05) is 0 Å². The Kier molecular flexibility index (Phi) is 5.94. The van der Waals surface area contributed by atoms with Gasteiger partial charge in [0.15, 0.2) is 11.5 Å². The highest BCUT2D eigenvalue weighted by molar-refractivity contribution is 5.76. The van der Waals surface area contributed by atoms with E-state index in [-0.39, 0.29) is 11.9 Å². The molecule has 1 unspecified atom stereocenters. The highest BCUT2D eigenvalue weighted by Crippen LogP contribution is 2.29. The Bertz CT molecular complexity index is 714. The number of para-hydroxylation sites is 2. The number of hydrogen-bond donors (Lipinski definition) is 1. The molecule has 4 nitrogen and oxygen atoms in total. The molecule has 0 aliphatic heterocycles. The van der Waals surface area contributed by atoms with Crippen molar-refractivity contribution < 1.29 is 14.3 Å². The van der Waals surface area contributed by atoms with E-state index in [1.807, 2.05) is 37.3 Å². The average molecular weight is 339 g/mol. The molecule has 0 saturated carbocycles. The molecule has 0 radical (unpaired) electrons. The summed E-state index contributed by atoms with van der Waals surface area (Å²) in [6, 6.07) is 16.0. The van der Waals surface area contributed by atoms with Gasteiger partial charge in [0.05, 0.1) is 25.7 Å². The number of fused-ring (bicyclic) bond motifs is 1. The Balaban J connectivity index is 1.51. The molecule has 0 fully saturated rings. The number of carbonyl (C=O) groups is 1. The number of rotatable bonds is 7. The summed E-state index contributed by atoms with van der Waals surface area (Å²) in [7, 11) is 0. The molecule has 0 bridgehead atoms. The third-order valence-corrected chi connectivity index (χ3v) is 4.44. The van der Waals surface area contributed by atoms with Crippen LogP contribution in [0.1, 0.15) is 43.4 Å². The minimum Gasteiger partial charge on any atom is -0.490 e. The fourth-order valence-electron chi connectivity index (χ4n) is 3.27. The maximum atomic E-state index is 12.3. The maximum absolute atomic E-state index is 12.3. The van der Waals surface area contributed by atoms with Crippen LogP contribution < -0.4 is 14.8 Å². The van der Waals surface area contributed by atoms with E-state index in [9.17, 15) is 4.79 Å². The molecule has 2 aromatic rings. The van der Waals surface area contributed by atoms with Gasteiger partial charge in [-0.2, -0.15) is 0 Å². The second-order valence-electron chi connectivity index (χ2n) is 6.19.